The van der Waals surface area contributed by atoms with Gasteiger partial charge in [-0.25, -0.2) is 0 Å². The Hall–Kier alpha value is -2.85. The Morgan fingerprint density at radius 2 is 2.04 bits per heavy atom. The molecule has 0 bridgehead atoms. The lowest BCUT2D eigenvalue weighted by molar-refractivity contribution is -0.145. The molecule has 4 N–H and O–H groups in total. The van der Waals surface area contributed by atoms with Gasteiger partial charge in [0.05, 0.1) is 5.92 Å². The number of likely N-dealkylation sites (tertiary alicyclic amines) is 1. The number of nitrogens with two attached hydrogens (primary N) is 1. The van der Waals surface area contributed by atoms with Crippen molar-refractivity contribution in [2.45, 2.75) is 25.9 Å². The van der Waals surface area contributed by atoms with E-state index in [4.69, 9.17) is 10.8 Å². The van der Waals surface area contributed by atoms with Crippen molar-refractivity contribution < 1.29 is 14.7 Å². The first-order chi connectivity index (χ1) is 12.0. The summed E-state index contributed by atoms with van der Waals surface area (Å²) in [5.41, 5.74) is 7.64. The van der Waals surface area contributed by atoms with Crippen LogP contribution in [0.2, 0.25) is 0 Å². The Labute approximate surface area is 146 Å². The van der Waals surface area contributed by atoms with Crippen molar-refractivity contribution in [3.05, 3.63) is 47.2 Å². The summed E-state index contributed by atoms with van der Waals surface area (Å²) in [5.74, 6) is -1.61. The average molecular weight is 342 g/mol. The second kappa shape index (κ2) is 8.85. The second-order valence-corrected chi connectivity index (χ2v) is 5.98. The number of rotatable bonds is 6. The van der Waals surface area contributed by atoms with E-state index >= 15 is 0 Å². The molecule has 1 aliphatic heterocycles. The van der Waals surface area contributed by atoms with E-state index in [2.05, 4.69) is 5.32 Å². The summed E-state index contributed by atoms with van der Waals surface area (Å²) in [6.07, 6.45) is 2.25. The van der Waals surface area contributed by atoms with Gasteiger partial charge in [0.2, 0.25) is 0 Å². The van der Waals surface area contributed by atoms with Crippen molar-refractivity contribution in [2.24, 2.45) is 11.7 Å². The third kappa shape index (κ3) is 5.06. The van der Waals surface area contributed by atoms with Gasteiger partial charge in [-0.2, -0.15) is 5.26 Å². The molecule has 1 heterocycles. The van der Waals surface area contributed by atoms with Gasteiger partial charge in [-0.05, 0) is 24.0 Å². The maximum absolute atomic E-state index is 12.4. The molecule has 1 aromatic rings. The molecule has 7 heteroatoms. The molecule has 0 saturated carbocycles. The minimum atomic E-state index is -0.829. The zero-order chi connectivity index (χ0) is 18.2. The molecule has 1 saturated heterocycles. The molecule has 1 aromatic carbocycles. The lowest BCUT2D eigenvalue weighted by Gasteiger charge is -2.29. The summed E-state index contributed by atoms with van der Waals surface area (Å²) in [6, 6.07) is 9.66. The van der Waals surface area contributed by atoms with Crippen LogP contribution in [0.5, 0.6) is 0 Å². The predicted octanol–water partition coefficient (Wildman–Crippen LogP) is 0.966. The first-order valence-electron chi connectivity index (χ1n) is 8.18. The number of amides is 1. The van der Waals surface area contributed by atoms with Gasteiger partial charge in [-0.1, -0.05) is 24.3 Å². The molecule has 0 aliphatic carbocycles. The molecule has 1 amide bonds. The zero-order valence-corrected chi connectivity index (χ0v) is 13.9. The number of carboxylic acid groups (broad SMARTS) is 1. The largest absolute Gasteiger partial charge is 0.481 e. The maximum Gasteiger partial charge on any atom is 0.306 e. The number of benzene rings is 1. The summed E-state index contributed by atoms with van der Waals surface area (Å²) in [7, 11) is 0. The number of carboxylic acids is 1. The van der Waals surface area contributed by atoms with E-state index in [1.54, 1.807) is 0 Å². The predicted molar refractivity (Wildman–Crippen MR) is 91.8 cm³/mol. The Morgan fingerprint density at radius 1 is 1.36 bits per heavy atom. The van der Waals surface area contributed by atoms with Crippen LogP contribution >= 0.6 is 0 Å². The lowest BCUT2D eigenvalue weighted by atomic mass is 9.97. The number of hydrogen-bond acceptors (Lipinski definition) is 5. The van der Waals surface area contributed by atoms with Gasteiger partial charge in [0.25, 0.3) is 5.91 Å². The Kier molecular flexibility index (Phi) is 6.54. The van der Waals surface area contributed by atoms with Crippen LogP contribution in [0, 0.1) is 17.2 Å². The van der Waals surface area contributed by atoms with Crippen LogP contribution in [0.4, 0.5) is 0 Å². The van der Waals surface area contributed by atoms with Gasteiger partial charge in [-0.15, -0.1) is 0 Å². The second-order valence-electron chi connectivity index (χ2n) is 5.98. The molecular weight excluding hydrogens is 320 g/mol. The van der Waals surface area contributed by atoms with E-state index in [9.17, 15) is 14.9 Å². The van der Waals surface area contributed by atoms with Gasteiger partial charge in [0, 0.05) is 32.4 Å². The molecule has 132 valence electrons. The number of nitrogens with zero attached hydrogens (tertiary/aromatic N) is 2. The SMILES string of the molecule is N#C/C(=C/NCc1cccc(CN)c1)C(=O)N1CCC(C(=O)O)CC1. The minimum Gasteiger partial charge on any atom is -0.481 e. The van der Waals surface area contributed by atoms with E-state index in [0.29, 0.717) is 39.0 Å². The summed E-state index contributed by atoms with van der Waals surface area (Å²) in [6.45, 7) is 1.64. The van der Waals surface area contributed by atoms with Crippen LogP contribution in [0.3, 0.4) is 0 Å². The van der Waals surface area contributed by atoms with E-state index in [1.165, 1.54) is 11.1 Å². The van der Waals surface area contributed by atoms with E-state index in [0.717, 1.165) is 11.1 Å². The fourth-order valence-electron chi connectivity index (χ4n) is 2.78. The highest BCUT2D eigenvalue weighted by Gasteiger charge is 2.28. The number of nitriles is 1. The molecule has 0 unspecified atom stereocenters. The van der Waals surface area contributed by atoms with Crippen molar-refractivity contribution in [1.82, 2.24) is 10.2 Å². The molecule has 2 rings (SSSR count). The minimum absolute atomic E-state index is 0.0174. The molecular formula is C18H22N4O3. The van der Waals surface area contributed by atoms with Gasteiger partial charge in [0.15, 0.2) is 0 Å². The van der Waals surface area contributed by atoms with Gasteiger partial charge in [-0.3, -0.25) is 9.59 Å². The Morgan fingerprint density at radius 3 is 2.64 bits per heavy atom. The average Bonchev–Trinajstić information content (AvgIpc) is 2.65. The number of carbonyl (C=O) groups is 2. The van der Waals surface area contributed by atoms with Crippen LogP contribution < -0.4 is 11.1 Å². The fourth-order valence-corrected chi connectivity index (χ4v) is 2.78. The molecule has 0 radical (unpaired) electrons. The first-order valence-corrected chi connectivity index (χ1v) is 8.18. The summed E-state index contributed by atoms with van der Waals surface area (Å²) >= 11 is 0. The molecule has 0 spiro atoms. The molecule has 25 heavy (non-hydrogen) atoms. The lowest BCUT2D eigenvalue weighted by Crippen LogP contribution is -2.41. The Bertz CT molecular complexity index is 701. The van der Waals surface area contributed by atoms with Crippen molar-refractivity contribution in [2.75, 3.05) is 13.1 Å². The van der Waals surface area contributed by atoms with Crippen LogP contribution in [-0.2, 0) is 22.7 Å². The molecule has 0 aromatic heterocycles. The smallest absolute Gasteiger partial charge is 0.306 e. The molecule has 0 atom stereocenters. The third-order valence-electron chi connectivity index (χ3n) is 4.26. The van der Waals surface area contributed by atoms with Crippen molar-refractivity contribution in [1.29, 1.82) is 5.26 Å². The number of hydrogen-bond donors (Lipinski definition) is 3. The highest BCUT2D eigenvalue weighted by Crippen LogP contribution is 2.18. The zero-order valence-electron chi connectivity index (χ0n) is 13.9. The number of carbonyl (C=O) groups excluding carboxylic acids is 1. The van der Waals surface area contributed by atoms with Gasteiger partial charge >= 0.3 is 5.97 Å². The van der Waals surface area contributed by atoms with Crippen LogP contribution in [0.1, 0.15) is 24.0 Å². The van der Waals surface area contributed by atoms with Gasteiger partial charge in [0.1, 0.15) is 11.6 Å². The van der Waals surface area contributed by atoms with Crippen molar-refractivity contribution >= 4 is 11.9 Å². The maximum atomic E-state index is 12.4. The normalized spacial score (nSPS) is 15.5. The topological polar surface area (TPSA) is 119 Å². The van der Waals surface area contributed by atoms with Crippen LogP contribution in [0.15, 0.2) is 36.0 Å². The van der Waals surface area contributed by atoms with E-state index < -0.39 is 11.9 Å². The number of piperidine rings is 1. The van der Waals surface area contributed by atoms with E-state index in [-0.39, 0.29) is 11.5 Å². The number of nitrogens with one attached hydrogen (secondary N) is 1. The third-order valence-corrected chi connectivity index (χ3v) is 4.26. The highest BCUT2D eigenvalue weighted by atomic mass is 16.4. The summed E-state index contributed by atoms with van der Waals surface area (Å²) in [5, 5.41) is 21.2. The number of aliphatic carboxylic acids is 1. The highest BCUT2D eigenvalue weighted by molar-refractivity contribution is 5.97. The van der Waals surface area contributed by atoms with Crippen molar-refractivity contribution in [3.63, 3.8) is 0 Å². The Balaban J connectivity index is 1.92. The summed E-state index contributed by atoms with van der Waals surface area (Å²) in [4.78, 5) is 24.9. The first kappa shape index (κ1) is 18.5. The van der Waals surface area contributed by atoms with Crippen LogP contribution in [0.25, 0.3) is 0 Å². The van der Waals surface area contributed by atoms with E-state index in [1.807, 2.05) is 30.3 Å². The van der Waals surface area contributed by atoms with Crippen molar-refractivity contribution in [3.8, 4) is 6.07 Å². The summed E-state index contributed by atoms with van der Waals surface area (Å²) < 4.78 is 0. The fraction of sp³-hybridized carbons (Fsp3) is 0.389. The molecule has 7 nitrogen and oxygen atoms in total. The standard InChI is InChI=1S/C18H22N4O3/c19-9-13-2-1-3-14(8-13)11-21-12-16(10-20)17(23)22-6-4-15(5-7-22)18(24)25/h1-3,8,12,15,21H,4-7,9,11,19H2,(H,24,25)/b16-12-. The van der Waals surface area contributed by atoms with Gasteiger partial charge < -0.3 is 21.1 Å². The molecule has 1 fully saturated rings. The monoisotopic (exact) mass is 342 g/mol. The molecule has 1 aliphatic rings. The van der Waals surface area contributed by atoms with Crippen LogP contribution in [-0.4, -0.2) is 35.0 Å². The quantitative estimate of drug-likeness (QED) is 0.523.